The summed E-state index contributed by atoms with van der Waals surface area (Å²) >= 11 is 12.3. The number of aryl methyl sites for hydroxylation is 1. The van der Waals surface area contributed by atoms with Gasteiger partial charge in [0.25, 0.3) is 5.91 Å². The summed E-state index contributed by atoms with van der Waals surface area (Å²) in [6, 6.07) is 8.70. The lowest BCUT2D eigenvalue weighted by molar-refractivity contribution is -0.907. The first-order chi connectivity index (χ1) is 12.8. The number of carbonyl (C=O) groups excluding carboxylic acids is 1. The van der Waals surface area contributed by atoms with Crippen LogP contribution in [0.1, 0.15) is 18.1 Å². The Labute approximate surface area is 170 Å². The minimum atomic E-state index is -0.315. The normalized spacial score (nSPS) is 13.0. The molecule has 0 aromatic heterocycles. The summed E-state index contributed by atoms with van der Waals surface area (Å²) in [5.41, 5.74) is 2.60. The quantitative estimate of drug-likeness (QED) is 0.734. The van der Waals surface area contributed by atoms with E-state index in [4.69, 9.17) is 32.7 Å². The van der Waals surface area contributed by atoms with Crippen LogP contribution in [-0.4, -0.2) is 33.2 Å². The minimum Gasteiger partial charge on any atom is -0.493 e. The molecule has 0 aliphatic carbocycles. The van der Waals surface area contributed by atoms with E-state index in [1.165, 1.54) is 0 Å². The lowest BCUT2D eigenvalue weighted by Crippen LogP contribution is -3.12. The van der Waals surface area contributed by atoms with Crippen LogP contribution < -0.4 is 19.7 Å². The summed E-state index contributed by atoms with van der Waals surface area (Å²) in [5.74, 6) is 1.21. The standard InChI is InChI=1S/C20H24Cl2N2O3/c1-12-9-17(26-4)18(27-5)10-14(12)11-24(3)13(2)20(25)23-19-15(21)7-6-8-16(19)22/h6-10,13H,11H2,1-5H3,(H,23,25)/p+1/t13-/m1/s1. The van der Waals surface area contributed by atoms with Crippen molar-refractivity contribution in [3.63, 3.8) is 0 Å². The van der Waals surface area contributed by atoms with Crippen molar-refractivity contribution in [2.45, 2.75) is 26.4 Å². The number of hydrogen-bond donors (Lipinski definition) is 2. The van der Waals surface area contributed by atoms with Crippen molar-refractivity contribution in [1.82, 2.24) is 0 Å². The molecule has 2 aromatic rings. The molecular formula is C20H25Cl2N2O3+. The summed E-state index contributed by atoms with van der Waals surface area (Å²) in [4.78, 5) is 13.7. The van der Waals surface area contributed by atoms with Gasteiger partial charge in [-0.15, -0.1) is 0 Å². The average molecular weight is 412 g/mol. The number of quaternary nitrogens is 1. The van der Waals surface area contributed by atoms with Gasteiger partial charge in [0.05, 0.1) is 37.0 Å². The Balaban J connectivity index is 2.13. The van der Waals surface area contributed by atoms with Crippen LogP contribution in [0.5, 0.6) is 11.5 Å². The number of rotatable bonds is 7. The number of halogens is 2. The molecule has 0 heterocycles. The van der Waals surface area contributed by atoms with Crippen molar-refractivity contribution in [3.05, 3.63) is 51.5 Å². The molecule has 146 valence electrons. The van der Waals surface area contributed by atoms with Gasteiger partial charge in [-0.25, -0.2) is 0 Å². The summed E-state index contributed by atoms with van der Waals surface area (Å²) in [6.07, 6.45) is 0. The number of nitrogens with one attached hydrogen (secondary N) is 2. The van der Waals surface area contributed by atoms with E-state index in [0.717, 1.165) is 16.0 Å². The van der Waals surface area contributed by atoms with E-state index in [1.807, 2.05) is 33.0 Å². The maximum Gasteiger partial charge on any atom is 0.282 e. The predicted octanol–water partition coefficient (Wildman–Crippen LogP) is 3.36. The van der Waals surface area contributed by atoms with E-state index in [-0.39, 0.29) is 11.9 Å². The number of amides is 1. The van der Waals surface area contributed by atoms with Crippen LogP contribution in [0, 0.1) is 6.92 Å². The molecule has 0 saturated heterocycles. The average Bonchev–Trinajstić information content (AvgIpc) is 2.65. The first-order valence-corrected chi connectivity index (χ1v) is 9.32. The van der Waals surface area contributed by atoms with Crippen molar-refractivity contribution in [1.29, 1.82) is 0 Å². The molecule has 0 spiro atoms. The highest BCUT2D eigenvalue weighted by molar-refractivity contribution is 6.39. The third-order valence-corrected chi connectivity index (χ3v) is 5.28. The first-order valence-electron chi connectivity index (χ1n) is 8.57. The molecule has 0 aliphatic rings. The van der Waals surface area contributed by atoms with Crippen molar-refractivity contribution in [2.24, 2.45) is 0 Å². The van der Waals surface area contributed by atoms with Gasteiger partial charge >= 0.3 is 0 Å². The van der Waals surface area contributed by atoms with Crippen LogP contribution in [0.2, 0.25) is 10.0 Å². The fraction of sp³-hybridized carbons (Fsp3) is 0.350. The zero-order valence-corrected chi connectivity index (χ0v) is 17.7. The number of methoxy groups -OCH3 is 2. The highest BCUT2D eigenvalue weighted by Gasteiger charge is 2.24. The minimum absolute atomic E-state index is 0.152. The molecule has 1 unspecified atom stereocenters. The van der Waals surface area contributed by atoms with Crippen molar-refractivity contribution >= 4 is 34.8 Å². The van der Waals surface area contributed by atoms with E-state index in [9.17, 15) is 4.79 Å². The molecule has 0 aliphatic heterocycles. The number of likely N-dealkylation sites (N-methyl/N-ethyl adjacent to an activating group) is 1. The molecule has 1 amide bonds. The van der Waals surface area contributed by atoms with Gasteiger partial charge in [-0.2, -0.15) is 0 Å². The topological polar surface area (TPSA) is 52.0 Å². The zero-order chi connectivity index (χ0) is 20.1. The van der Waals surface area contributed by atoms with E-state index < -0.39 is 0 Å². The van der Waals surface area contributed by atoms with E-state index in [2.05, 4.69) is 5.32 Å². The fourth-order valence-electron chi connectivity index (χ4n) is 2.74. The third kappa shape index (κ3) is 5.06. The fourth-order valence-corrected chi connectivity index (χ4v) is 3.23. The number of anilines is 1. The molecule has 2 N–H and O–H groups in total. The number of benzene rings is 2. The molecule has 7 heteroatoms. The molecule has 2 aromatic carbocycles. The summed E-state index contributed by atoms with van der Waals surface area (Å²) in [5, 5.41) is 3.66. The van der Waals surface area contributed by atoms with Gasteiger partial charge in [0.15, 0.2) is 17.5 Å². The Morgan fingerprint density at radius 2 is 1.70 bits per heavy atom. The van der Waals surface area contributed by atoms with Crippen molar-refractivity contribution in [2.75, 3.05) is 26.6 Å². The van der Waals surface area contributed by atoms with Crippen molar-refractivity contribution < 1.29 is 19.2 Å². The highest BCUT2D eigenvalue weighted by Crippen LogP contribution is 2.31. The van der Waals surface area contributed by atoms with Crippen LogP contribution in [0.4, 0.5) is 5.69 Å². The Bertz CT molecular complexity index is 807. The lowest BCUT2D eigenvalue weighted by atomic mass is 10.1. The zero-order valence-electron chi connectivity index (χ0n) is 16.2. The van der Waals surface area contributed by atoms with Crippen LogP contribution in [0.15, 0.2) is 30.3 Å². The van der Waals surface area contributed by atoms with Crippen molar-refractivity contribution in [3.8, 4) is 11.5 Å². The first kappa shape index (κ1) is 21.4. The molecule has 2 atom stereocenters. The van der Waals surface area contributed by atoms with Gasteiger partial charge in [0.2, 0.25) is 0 Å². The van der Waals surface area contributed by atoms with Gasteiger partial charge in [-0.3, -0.25) is 4.79 Å². The number of para-hydroxylation sites is 1. The highest BCUT2D eigenvalue weighted by atomic mass is 35.5. The van der Waals surface area contributed by atoms with Gasteiger partial charge < -0.3 is 19.7 Å². The molecule has 27 heavy (non-hydrogen) atoms. The van der Waals surface area contributed by atoms with Crippen LogP contribution >= 0.6 is 23.2 Å². The van der Waals surface area contributed by atoms with Gasteiger partial charge in [-0.1, -0.05) is 29.3 Å². The molecule has 5 nitrogen and oxygen atoms in total. The molecule has 0 fully saturated rings. The molecular weight excluding hydrogens is 387 g/mol. The monoisotopic (exact) mass is 411 g/mol. The summed E-state index contributed by atoms with van der Waals surface area (Å²) in [6.45, 7) is 4.53. The van der Waals surface area contributed by atoms with Gasteiger partial charge in [0.1, 0.15) is 6.54 Å². The number of ether oxygens (including phenoxy) is 2. The second-order valence-corrected chi connectivity index (χ2v) is 7.28. The lowest BCUT2D eigenvalue weighted by Gasteiger charge is -2.23. The molecule has 0 saturated carbocycles. The predicted molar refractivity (Wildman–Crippen MR) is 109 cm³/mol. The van der Waals surface area contributed by atoms with E-state index in [1.54, 1.807) is 32.4 Å². The maximum atomic E-state index is 12.7. The SMILES string of the molecule is COc1cc(C)c(C[NH+](C)[C@H](C)C(=O)Nc2c(Cl)cccc2Cl)cc1OC. The third-order valence-electron chi connectivity index (χ3n) is 4.65. The number of carbonyl (C=O) groups is 1. The second kappa shape index (κ2) is 9.31. The van der Waals surface area contributed by atoms with Crippen LogP contribution in [0.25, 0.3) is 0 Å². The summed E-state index contributed by atoms with van der Waals surface area (Å²) < 4.78 is 10.7. The molecule has 0 radical (unpaired) electrons. The van der Waals surface area contributed by atoms with E-state index >= 15 is 0 Å². The second-order valence-electron chi connectivity index (χ2n) is 6.46. The summed E-state index contributed by atoms with van der Waals surface area (Å²) in [7, 11) is 5.19. The molecule has 2 rings (SSSR count). The Morgan fingerprint density at radius 1 is 1.15 bits per heavy atom. The van der Waals surface area contributed by atoms with Gasteiger partial charge in [-0.05, 0) is 43.7 Å². The van der Waals surface area contributed by atoms with Crippen LogP contribution in [0.3, 0.4) is 0 Å². The Kier molecular flexibility index (Phi) is 7.36. The number of hydrogen-bond acceptors (Lipinski definition) is 3. The Morgan fingerprint density at radius 3 is 2.26 bits per heavy atom. The largest absolute Gasteiger partial charge is 0.493 e. The van der Waals surface area contributed by atoms with Gasteiger partial charge in [0, 0.05) is 5.56 Å². The Hall–Kier alpha value is -1.95. The van der Waals surface area contributed by atoms with E-state index in [0.29, 0.717) is 33.8 Å². The van der Waals surface area contributed by atoms with Crippen LogP contribution in [-0.2, 0) is 11.3 Å². The smallest absolute Gasteiger partial charge is 0.282 e. The molecule has 0 bridgehead atoms. The maximum absolute atomic E-state index is 12.7.